The smallest absolute Gasteiger partial charge is 0.125 e. The SMILES string of the molecule is CC(N)c1cn(-c2cc(F)ccc2Cl)nn1. The van der Waals surface area contributed by atoms with Crippen LogP contribution in [0.4, 0.5) is 4.39 Å². The molecule has 0 fully saturated rings. The van der Waals surface area contributed by atoms with Crippen LogP contribution < -0.4 is 5.73 Å². The molecule has 2 aromatic rings. The van der Waals surface area contributed by atoms with E-state index in [9.17, 15) is 4.39 Å². The van der Waals surface area contributed by atoms with Gasteiger partial charge >= 0.3 is 0 Å². The highest BCUT2D eigenvalue weighted by molar-refractivity contribution is 6.32. The summed E-state index contributed by atoms with van der Waals surface area (Å²) >= 11 is 5.93. The van der Waals surface area contributed by atoms with Gasteiger partial charge in [0.2, 0.25) is 0 Å². The monoisotopic (exact) mass is 240 g/mol. The molecule has 4 nitrogen and oxygen atoms in total. The predicted octanol–water partition coefficient (Wildman–Crippen LogP) is 2.08. The highest BCUT2D eigenvalue weighted by atomic mass is 35.5. The first-order chi connectivity index (χ1) is 7.58. The molecule has 1 aromatic heterocycles. The Kier molecular flexibility index (Phi) is 2.89. The van der Waals surface area contributed by atoms with E-state index in [4.69, 9.17) is 17.3 Å². The van der Waals surface area contributed by atoms with E-state index in [1.165, 1.54) is 22.9 Å². The third kappa shape index (κ3) is 2.05. The Morgan fingerprint density at radius 1 is 1.50 bits per heavy atom. The van der Waals surface area contributed by atoms with Gasteiger partial charge in [0.25, 0.3) is 0 Å². The summed E-state index contributed by atoms with van der Waals surface area (Å²) < 4.78 is 14.5. The van der Waals surface area contributed by atoms with E-state index in [0.717, 1.165) is 0 Å². The lowest BCUT2D eigenvalue weighted by Gasteiger charge is -2.02. The van der Waals surface area contributed by atoms with Gasteiger partial charge in [-0.25, -0.2) is 9.07 Å². The van der Waals surface area contributed by atoms with Crippen LogP contribution in [-0.4, -0.2) is 15.0 Å². The van der Waals surface area contributed by atoms with Crippen molar-refractivity contribution in [2.75, 3.05) is 0 Å². The number of benzene rings is 1. The molecule has 0 radical (unpaired) electrons. The van der Waals surface area contributed by atoms with Gasteiger partial charge in [-0.05, 0) is 19.1 Å². The van der Waals surface area contributed by atoms with Crippen molar-refractivity contribution in [2.24, 2.45) is 5.73 Å². The predicted molar refractivity (Wildman–Crippen MR) is 58.9 cm³/mol. The van der Waals surface area contributed by atoms with E-state index in [2.05, 4.69) is 10.3 Å². The summed E-state index contributed by atoms with van der Waals surface area (Å²) in [7, 11) is 0. The molecule has 84 valence electrons. The fraction of sp³-hybridized carbons (Fsp3) is 0.200. The summed E-state index contributed by atoms with van der Waals surface area (Å²) in [5, 5.41) is 8.12. The van der Waals surface area contributed by atoms with Crippen LogP contribution in [0.2, 0.25) is 5.02 Å². The lowest BCUT2D eigenvalue weighted by molar-refractivity contribution is 0.625. The zero-order chi connectivity index (χ0) is 11.7. The van der Waals surface area contributed by atoms with E-state index in [0.29, 0.717) is 16.4 Å². The Morgan fingerprint density at radius 2 is 2.25 bits per heavy atom. The standard InChI is InChI=1S/C10H10ClFN4/c1-6(13)9-5-16(15-14-9)10-4-7(12)2-3-8(10)11/h2-6H,13H2,1H3. The zero-order valence-corrected chi connectivity index (χ0v) is 9.32. The molecule has 0 saturated heterocycles. The maximum Gasteiger partial charge on any atom is 0.125 e. The van der Waals surface area contributed by atoms with Crippen LogP contribution in [0.1, 0.15) is 18.7 Å². The highest BCUT2D eigenvalue weighted by Gasteiger charge is 2.09. The number of rotatable bonds is 2. The first kappa shape index (κ1) is 11.0. The van der Waals surface area contributed by atoms with Gasteiger partial charge in [-0.15, -0.1) is 5.10 Å². The molecule has 0 amide bonds. The number of hydrogen-bond acceptors (Lipinski definition) is 3. The van der Waals surface area contributed by atoms with Crippen molar-refractivity contribution in [1.82, 2.24) is 15.0 Å². The van der Waals surface area contributed by atoms with E-state index in [1.54, 1.807) is 13.1 Å². The highest BCUT2D eigenvalue weighted by Crippen LogP contribution is 2.21. The van der Waals surface area contributed by atoms with Crippen molar-refractivity contribution in [2.45, 2.75) is 13.0 Å². The van der Waals surface area contributed by atoms with E-state index in [1.807, 2.05) is 0 Å². The van der Waals surface area contributed by atoms with Crippen LogP contribution in [0, 0.1) is 5.82 Å². The Morgan fingerprint density at radius 3 is 2.88 bits per heavy atom. The molecule has 2 N–H and O–H groups in total. The average Bonchev–Trinajstić information content (AvgIpc) is 2.70. The summed E-state index contributed by atoms with van der Waals surface area (Å²) in [6.45, 7) is 1.79. The summed E-state index contributed by atoms with van der Waals surface area (Å²) in [6.07, 6.45) is 1.63. The molecule has 1 unspecified atom stereocenters. The Balaban J connectivity index is 2.46. The van der Waals surface area contributed by atoms with Gasteiger partial charge in [-0.3, -0.25) is 0 Å². The van der Waals surface area contributed by atoms with E-state index in [-0.39, 0.29) is 11.9 Å². The van der Waals surface area contributed by atoms with Crippen molar-refractivity contribution in [1.29, 1.82) is 0 Å². The molecule has 0 saturated carbocycles. The van der Waals surface area contributed by atoms with Crippen LogP contribution in [-0.2, 0) is 0 Å². The molecule has 1 heterocycles. The zero-order valence-electron chi connectivity index (χ0n) is 8.56. The molecule has 0 aliphatic carbocycles. The summed E-state index contributed by atoms with van der Waals surface area (Å²) in [6, 6.07) is 3.83. The van der Waals surface area contributed by atoms with Crippen LogP contribution in [0.5, 0.6) is 0 Å². The second-order valence-electron chi connectivity index (χ2n) is 3.47. The fourth-order valence-corrected chi connectivity index (χ4v) is 1.47. The van der Waals surface area contributed by atoms with Gasteiger partial charge in [0.05, 0.1) is 22.6 Å². The molecule has 0 bridgehead atoms. The normalized spacial score (nSPS) is 12.8. The molecule has 1 atom stereocenters. The largest absolute Gasteiger partial charge is 0.323 e. The van der Waals surface area contributed by atoms with Crippen LogP contribution in [0.3, 0.4) is 0 Å². The molecule has 0 aliphatic heterocycles. The summed E-state index contributed by atoms with van der Waals surface area (Å²) in [5.74, 6) is -0.378. The van der Waals surface area contributed by atoms with Crippen LogP contribution in [0.25, 0.3) is 5.69 Å². The third-order valence-electron chi connectivity index (χ3n) is 2.13. The maximum absolute atomic E-state index is 13.1. The molecule has 0 spiro atoms. The van der Waals surface area contributed by atoms with E-state index >= 15 is 0 Å². The van der Waals surface area contributed by atoms with Crippen molar-refractivity contribution < 1.29 is 4.39 Å². The Bertz CT molecular complexity index is 509. The molecular weight excluding hydrogens is 231 g/mol. The van der Waals surface area contributed by atoms with Gasteiger partial charge < -0.3 is 5.73 Å². The molecular formula is C10H10ClFN4. The van der Waals surface area contributed by atoms with Crippen molar-refractivity contribution in [3.63, 3.8) is 0 Å². The van der Waals surface area contributed by atoms with Crippen molar-refractivity contribution in [3.8, 4) is 5.69 Å². The van der Waals surface area contributed by atoms with E-state index < -0.39 is 0 Å². The minimum absolute atomic E-state index is 0.221. The lowest BCUT2D eigenvalue weighted by Crippen LogP contribution is -2.04. The minimum atomic E-state index is -0.378. The van der Waals surface area contributed by atoms with Gasteiger partial charge in [-0.2, -0.15) is 0 Å². The van der Waals surface area contributed by atoms with Crippen LogP contribution >= 0.6 is 11.6 Å². The van der Waals surface area contributed by atoms with Gasteiger partial charge in [0.1, 0.15) is 5.82 Å². The average molecular weight is 241 g/mol. The van der Waals surface area contributed by atoms with Gasteiger partial charge in [0.15, 0.2) is 0 Å². The second-order valence-corrected chi connectivity index (χ2v) is 3.88. The second kappa shape index (κ2) is 4.19. The van der Waals surface area contributed by atoms with Crippen molar-refractivity contribution >= 4 is 11.6 Å². The molecule has 2 rings (SSSR count). The van der Waals surface area contributed by atoms with Gasteiger partial charge in [0, 0.05) is 12.1 Å². The Hall–Kier alpha value is -1.46. The number of nitrogens with two attached hydrogens (primary N) is 1. The van der Waals surface area contributed by atoms with Crippen molar-refractivity contribution in [3.05, 3.63) is 40.9 Å². The Labute approximate surface area is 96.8 Å². The number of nitrogens with zero attached hydrogens (tertiary/aromatic N) is 3. The van der Waals surface area contributed by atoms with Gasteiger partial charge in [-0.1, -0.05) is 16.8 Å². The summed E-state index contributed by atoms with van der Waals surface area (Å²) in [4.78, 5) is 0. The molecule has 6 heteroatoms. The molecule has 1 aromatic carbocycles. The number of aromatic nitrogens is 3. The first-order valence-corrected chi connectivity index (χ1v) is 5.09. The third-order valence-corrected chi connectivity index (χ3v) is 2.45. The molecule has 0 aliphatic rings. The minimum Gasteiger partial charge on any atom is -0.323 e. The topological polar surface area (TPSA) is 56.7 Å². The number of halogens is 2. The van der Waals surface area contributed by atoms with Crippen LogP contribution in [0.15, 0.2) is 24.4 Å². The summed E-state index contributed by atoms with van der Waals surface area (Å²) in [5.41, 5.74) is 6.72. The maximum atomic E-state index is 13.1. The fourth-order valence-electron chi connectivity index (χ4n) is 1.26. The lowest BCUT2D eigenvalue weighted by atomic mass is 10.3. The molecule has 16 heavy (non-hydrogen) atoms. The first-order valence-electron chi connectivity index (χ1n) is 4.71. The number of hydrogen-bond donors (Lipinski definition) is 1. The quantitative estimate of drug-likeness (QED) is 0.874.